The zero-order chi connectivity index (χ0) is 14.4. The van der Waals surface area contributed by atoms with Crippen LogP contribution in [0.5, 0.6) is 0 Å². The van der Waals surface area contributed by atoms with Crippen LogP contribution in [0.15, 0.2) is 24.4 Å². The van der Waals surface area contributed by atoms with E-state index < -0.39 is 0 Å². The van der Waals surface area contributed by atoms with Crippen molar-refractivity contribution in [2.75, 3.05) is 26.7 Å². The van der Waals surface area contributed by atoms with Gasteiger partial charge in [-0.3, -0.25) is 19.5 Å². The maximum absolute atomic E-state index is 12.0. The Kier molecular flexibility index (Phi) is 5.06. The SMILES string of the molecule is CNC(=O)CN1CCC(NC(=O)c2ccccn2)CC1. The molecule has 6 heteroatoms. The minimum Gasteiger partial charge on any atom is -0.358 e. The molecule has 20 heavy (non-hydrogen) atoms. The van der Waals surface area contributed by atoms with Gasteiger partial charge in [0.25, 0.3) is 5.91 Å². The van der Waals surface area contributed by atoms with Gasteiger partial charge in [-0.15, -0.1) is 0 Å². The van der Waals surface area contributed by atoms with Gasteiger partial charge < -0.3 is 10.6 Å². The molecule has 1 aromatic rings. The van der Waals surface area contributed by atoms with Crippen LogP contribution in [0.1, 0.15) is 23.3 Å². The van der Waals surface area contributed by atoms with E-state index in [2.05, 4.69) is 20.5 Å². The van der Waals surface area contributed by atoms with Crippen LogP contribution >= 0.6 is 0 Å². The van der Waals surface area contributed by atoms with Crippen LogP contribution in [0.25, 0.3) is 0 Å². The number of hydrogen-bond donors (Lipinski definition) is 2. The highest BCUT2D eigenvalue weighted by Crippen LogP contribution is 2.10. The molecule has 0 spiro atoms. The first-order valence-electron chi connectivity index (χ1n) is 6.84. The summed E-state index contributed by atoms with van der Waals surface area (Å²) in [6, 6.07) is 5.45. The summed E-state index contributed by atoms with van der Waals surface area (Å²) in [4.78, 5) is 29.4. The van der Waals surface area contributed by atoms with Gasteiger partial charge in [0, 0.05) is 32.4 Å². The number of likely N-dealkylation sites (N-methyl/N-ethyl adjacent to an activating group) is 1. The minimum absolute atomic E-state index is 0.0287. The predicted molar refractivity (Wildman–Crippen MR) is 75.2 cm³/mol. The van der Waals surface area contributed by atoms with E-state index in [9.17, 15) is 9.59 Å². The summed E-state index contributed by atoms with van der Waals surface area (Å²) in [5, 5.41) is 5.61. The Bertz CT molecular complexity index is 456. The standard InChI is InChI=1S/C14H20N4O2/c1-15-13(19)10-18-8-5-11(6-9-18)17-14(20)12-4-2-3-7-16-12/h2-4,7,11H,5-6,8-10H2,1H3,(H,15,19)(H,17,20). The molecule has 2 rings (SSSR count). The molecule has 0 atom stereocenters. The summed E-state index contributed by atoms with van der Waals surface area (Å²) >= 11 is 0. The first kappa shape index (κ1) is 14.5. The van der Waals surface area contributed by atoms with Gasteiger partial charge in [0.05, 0.1) is 6.54 Å². The number of aromatic nitrogens is 1. The Morgan fingerprint density at radius 3 is 2.70 bits per heavy atom. The maximum atomic E-state index is 12.0. The van der Waals surface area contributed by atoms with Crippen LogP contribution in [0.3, 0.4) is 0 Å². The first-order chi connectivity index (χ1) is 9.69. The fourth-order valence-electron chi connectivity index (χ4n) is 2.27. The van der Waals surface area contributed by atoms with E-state index in [4.69, 9.17) is 0 Å². The van der Waals surface area contributed by atoms with Crippen LogP contribution < -0.4 is 10.6 Å². The molecule has 0 unspecified atom stereocenters. The molecule has 1 aliphatic heterocycles. The fourth-order valence-corrected chi connectivity index (χ4v) is 2.27. The molecule has 1 aliphatic rings. The van der Waals surface area contributed by atoms with E-state index >= 15 is 0 Å². The molecule has 108 valence electrons. The molecule has 0 aliphatic carbocycles. The molecule has 0 saturated carbocycles. The molecule has 0 radical (unpaired) electrons. The summed E-state index contributed by atoms with van der Waals surface area (Å²) in [6.07, 6.45) is 3.33. The third kappa shape index (κ3) is 4.03. The lowest BCUT2D eigenvalue weighted by molar-refractivity contribution is -0.122. The average molecular weight is 276 g/mol. The largest absolute Gasteiger partial charge is 0.358 e. The lowest BCUT2D eigenvalue weighted by Gasteiger charge is -2.31. The van der Waals surface area contributed by atoms with E-state index in [0.717, 1.165) is 25.9 Å². The Labute approximate surface area is 118 Å². The van der Waals surface area contributed by atoms with Crippen molar-refractivity contribution in [2.45, 2.75) is 18.9 Å². The normalized spacial score (nSPS) is 16.6. The van der Waals surface area contributed by atoms with Crippen LogP contribution in [-0.4, -0.2) is 54.4 Å². The van der Waals surface area contributed by atoms with Crippen molar-refractivity contribution < 1.29 is 9.59 Å². The molecule has 2 amide bonds. The number of rotatable bonds is 4. The fraction of sp³-hybridized carbons (Fsp3) is 0.500. The van der Waals surface area contributed by atoms with Gasteiger partial charge in [0.1, 0.15) is 5.69 Å². The van der Waals surface area contributed by atoms with Gasteiger partial charge in [-0.2, -0.15) is 0 Å². The van der Waals surface area contributed by atoms with Crippen LogP contribution in [0.2, 0.25) is 0 Å². The number of nitrogens with one attached hydrogen (secondary N) is 2. The van der Waals surface area contributed by atoms with Crippen molar-refractivity contribution in [2.24, 2.45) is 0 Å². The average Bonchev–Trinajstić information content (AvgIpc) is 2.50. The highest BCUT2D eigenvalue weighted by Gasteiger charge is 2.22. The first-order valence-corrected chi connectivity index (χ1v) is 6.84. The summed E-state index contributed by atoms with van der Waals surface area (Å²) in [6.45, 7) is 2.07. The third-order valence-corrected chi connectivity index (χ3v) is 3.47. The van der Waals surface area contributed by atoms with Crippen molar-refractivity contribution in [1.29, 1.82) is 0 Å². The highest BCUT2D eigenvalue weighted by atomic mass is 16.2. The number of piperidine rings is 1. The molecular formula is C14H20N4O2. The van der Waals surface area contributed by atoms with Crippen molar-refractivity contribution in [1.82, 2.24) is 20.5 Å². The summed E-state index contributed by atoms with van der Waals surface area (Å²) in [7, 11) is 1.64. The van der Waals surface area contributed by atoms with Crippen LogP contribution in [0.4, 0.5) is 0 Å². The summed E-state index contributed by atoms with van der Waals surface area (Å²) in [5.74, 6) is -0.101. The van der Waals surface area contributed by atoms with E-state index in [1.165, 1.54) is 0 Å². The van der Waals surface area contributed by atoms with Crippen molar-refractivity contribution in [3.8, 4) is 0 Å². The van der Waals surface area contributed by atoms with Gasteiger partial charge in [-0.05, 0) is 25.0 Å². The quantitative estimate of drug-likeness (QED) is 0.813. The van der Waals surface area contributed by atoms with Gasteiger partial charge in [0.15, 0.2) is 0 Å². The third-order valence-electron chi connectivity index (χ3n) is 3.47. The van der Waals surface area contributed by atoms with E-state index in [-0.39, 0.29) is 17.9 Å². The van der Waals surface area contributed by atoms with Crippen LogP contribution in [-0.2, 0) is 4.79 Å². The molecule has 1 fully saturated rings. The molecule has 2 heterocycles. The molecule has 6 nitrogen and oxygen atoms in total. The maximum Gasteiger partial charge on any atom is 0.270 e. The molecule has 2 N–H and O–H groups in total. The summed E-state index contributed by atoms with van der Waals surface area (Å²) < 4.78 is 0. The lowest BCUT2D eigenvalue weighted by Crippen LogP contribution is -2.47. The number of pyridine rings is 1. The number of carbonyl (C=O) groups excluding carboxylic acids is 2. The topological polar surface area (TPSA) is 74.3 Å². The van der Waals surface area contributed by atoms with Gasteiger partial charge in [0.2, 0.25) is 5.91 Å². The predicted octanol–water partition coefficient (Wildman–Crippen LogP) is 0.0218. The number of amides is 2. The number of nitrogens with zero attached hydrogens (tertiary/aromatic N) is 2. The summed E-state index contributed by atoms with van der Waals surface area (Å²) in [5.41, 5.74) is 0.445. The smallest absolute Gasteiger partial charge is 0.270 e. The van der Waals surface area contributed by atoms with Crippen molar-refractivity contribution in [3.05, 3.63) is 30.1 Å². The van der Waals surface area contributed by atoms with E-state index in [0.29, 0.717) is 12.2 Å². The number of carbonyl (C=O) groups is 2. The monoisotopic (exact) mass is 276 g/mol. The minimum atomic E-state index is -0.129. The van der Waals surface area contributed by atoms with Crippen molar-refractivity contribution in [3.63, 3.8) is 0 Å². The zero-order valence-corrected chi connectivity index (χ0v) is 11.6. The lowest BCUT2D eigenvalue weighted by atomic mass is 10.0. The number of likely N-dealkylation sites (tertiary alicyclic amines) is 1. The molecule has 0 bridgehead atoms. The van der Waals surface area contributed by atoms with E-state index in [1.807, 2.05) is 0 Å². The number of hydrogen-bond acceptors (Lipinski definition) is 4. The van der Waals surface area contributed by atoms with Crippen LogP contribution in [0, 0.1) is 0 Å². The van der Waals surface area contributed by atoms with Gasteiger partial charge >= 0.3 is 0 Å². The Morgan fingerprint density at radius 2 is 2.10 bits per heavy atom. The second-order valence-electron chi connectivity index (χ2n) is 4.91. The second kappa shape index (κ2) is 7.00. The molecule has 1 aromatic heterocycles. The van der Waals surface area contributed by atoms with Crippen molar-refractivity contribution >= 4 is 11.8 Å². The second-order valence-corrected chi connectivity index (χ2v) is 4.91. The Balaban J connectivity index is 1.77. The molecule has 0 aromatic carbocycles. The van der Waals surface area contributed by atoms with Gasteiger partial charge in [-0.25, -0.2) is 0 Å². The highest BCUT2D eigenvalue weighted by molar-refractivity contribution is 5.92. The molecule has 1 saturated heterocycles. The molecular weight excluding hydrogens is 256 g/mol. The van der Waals surface area contributed by atoms with E-state index in [1.54, 1.807) is 31.4 Å². The Morgan fingerprint density at radius 1 is 1.35 bits per heavy atom. The van der Waals surface area contributed by atoms with Gasteiger partial charge in [-0.1, -0.05) is 6.07 Å². The Hall–Kier alpha value is -1.95. The zero-order valence-electron chi connectivity index (χ0n) is 11.6.